The van der Waals surface area contributed by atoms with Crippen molar-refractivity contribution >= 4 is 5.78 Å². The molecular formula is C15H24O2. The molecule has 1 N–H and O–H groups in total. The SMILES string of the molecule is CCC(C)(O)C(=O)C12CC3CC(CC(C3)C1)C2. The van der Waals surface area contributed by atoms with Crippen molar-refractivity contribution in [3.05, 3.63) is 0 Å². The van der Waals surface area contributed by atoms with Gasteiger partial charge in [-0.3, -0.25) is 4.79 Å². The Bertz CT molecular complexity index is 308. The highest BCUT2D eigenvalue weighted by Gasteiger charge is 2.57. The normalized spacial score (nSPS) is 46.9. The van der Waals surface area contributed by atoms with Gasteiger partial charge in [0.25, 0.3) is 0 Å². The number of carbonyl (C=O) groups excluding carboxylic acids is 1. The van der Waals surface area contributed by atoms with Gasteiger partial charge in [0.05, 0.1) is 0 Å². The van der Waals surface area contributed by atoms with Gasteiger partial charge in [-0.1, -0.05) is 6.92 Å². The van der Waals surface area contributed by atoms with Gasteiger partial charge in [0, 0.05) is 5.41 Å². The lowest BCUT2D eigenvalue weighted by atomic mass is 9.47. The number of Topliss-reactive ketones (excluding diaryl/α,β-unsaturated/α-hetero) is 1. The summed E-state index contributed by atoms with van der Waals surface area (Å²) < 4.78 is 0. The minimum absolute atomic E-state index is 0.145. The van der Waals surface area contributed by atoms with E-state index in [9.17, 15) is 9.90 Å². The average Bonchev–Trinajstić information content (AvgIpc) is 2.26. The molecule has 2 heteroatoms. The highest BCUT2D eigenvalue weighted by atomic mass is 16.3. The minimum Gasteiger partial charge on any atom is -0.382 e. The summed E-state index contributed by atoms with van der Waals surface area (Å²) in [6, 6.07) is 0. The summed E-state index contributed by atoms with van der Waals surface area (Å²) in [5.41, 5.74) is -1.24. The fourth-order valence-electron chi connectivity index (χ4n) is 5.12. The monoisotopic (exact) mass is 236 g/mol. The first-order chi connectivity index (χ1) is 7.95. The molecule has 4 bridgehead atoms. The fraction of sp³-hybridized carbons (Fsp3) is 0.933. The van der Waals surface area contributed by atoms with Gasteiger partial charge < -0.3 is 5.11 Å². The maximum Gasteiger partial charge on any atom is 0.170 e. The fourth-order valence-corrected chi connectivity index (χ4v) is 5.12. The van der Waals surface area contributed by atoms with Crippen LogP contribution in [0, 0.1) is 23.2 Å². The van der Waals surface area contributed by atoms with Crippen LogP contribution in [0.3, 0.4) is 0 Å². The van der Waals surface area contributed by atoms with Gasteiger partial charge in [0.1, 0.15) is 5.60 Å². The second kappa shape index (κ2) is 3.57. The topological polar surface area (TPSA) is 37.3 Å². The van der Waals surface area contributed by atoms with Crippen molar-refractivity contribution in [3.8, 4) is 0 Å². The molecular weight excluding hydrogens is 212 g/mol. The zero-order valence-electron chi connectivity index (χ0n) is 11.0. The Morgan fingerprint density at radius 2 is 1.59 bits per heavy atom. The summed E-state index contributed by atoms with van der Waals surface area (Å²) in [6.45, 7) is 3.63. The van der Waals surface area contributed by atoms with E-state index in [1.807, 2.05) is 6.92 Å². The Labute approximate surface area is 104 Å². The van der Waals surface area contributed by atoms with E-state index in [-0.39, 0.29) is 11.2 Å². The molecule has 96 valence electrons. The van der Waals surface area contributed by atoms with Crippen LogP contribution in [0.4, 0.5) is 0 Å². The highest BCUT2D eigenvalue weighted by molar-refractivity contribution is 5.92. The van der Waals surface area contributed by atoms with Crippen LogP contribution in [-0.4, -0.2) is 16.5 Å². The number of hydrogen-bond acceptors (Lipinski definition) is 2. The second-order valence-electron chi connectivity index (χ2n) is 7.15. The Kier molecular flexibility index (Phi) is 2.46. The van der Waals surface area contributed by atoms with E-state index >= 15 is 0 Å². The van der Waals surface area contributed by atoms with Crippen molar-refractivity contribution in [1.82, 2.24) is 0 Å². The summed E-state index contributed by atoms with van der Waals surface area (Å²) in [4.78, 5) is 12.7. The van der Waals surface area contributed by atoms with Crippen LogP contribution in [0.1, 0.15) is 58.8 Å². The predicted molar refractivity (Wildman–Crippen MR) is 66.5 cm³/mol. The molecule has 0 aliphatic heterocycles. The molecule has 0 aromatic rings. The van der Waals surface area contributed by atoms with Gasteiger partial charge in [0.15, 0.2) is 5.78 Å². The summed E-state index contributed by atoms with van der Waals surface area (Å²) in [6.07, 6.45) is 7.78. The van der Waals surface area contributed by atoms with Crippen molar-refractivity contribution in [1.29, 1.82) is 0 Å². The summed E-state index contributed by atoms with van der Waals surface area (Å²) in [5, 5.41) is 10.3. The lowest BCUT2D eigenvalue weighted by molar-refractivity contribution is -0.161. The summed E-state index contributed by atoms with van der Waals surface area (Å²) in [5.74, 6) is 2.49. The van der Waals surface area contributed by atoms with Crippen LogP contribution in [0.5, 0.6) is 0 Å². The minimum atomic E-state index is -1.09. The standard InChI is InChI=1S/C15H24O2/c1-3-14(2,17)13(16)15-7-10-4-11(8-15)6-12(5-10)9-15/h10-12,17H,3-9H2,1-2H3. The molecule has 0 amide bonds. The molecule has 4 rings (SSSR count). The third-order valence-electron chi connectivity index (χ3n) is 5.70. The molecule has 4 aliphatic rings. The molecule has 0 saturated heterocycles. The van der Waals surface area contributed by atoms with E-state index in [4.69, 9.17) is 0 Å². The van der Waals surface area contributed by atoms with Crippen LogP contribution in [0.2, 0.25) is 0 Å². The van der Waals surface area contributed by atoms with Crippen LogP contribution >= 0.6 is 0 Å². The zero-order chi connectivity index (χ0) is 12.3. The van der Waals surface area contributed by atoms with Crippen molar-refractivity contribution in [2.24, 2.45) is 23.2 Å². The first-order valence-corrected chi connectivity index (χ1v) is 7.22. The molecule has 17 heavy (non-hydrogen) atoms. The molecule has 1 unspecified atom stereocenters. The third kappa shape index (κ3) is 1.68. The molecule has 2 nitrogen and oxygen atoms in total. The van der Waals surface area contributed by atoms with Crippen molar-refractivity contribution < 1.29 is 9.90 Å². The van der Waals surface area contributed by atoms with Gasteiger partial charge in [-0.05, 0) is 69.6 Å². The van der Waals surface area contributed by atoms with E-state index in [2.05, 4.69) is 0 Å². The van der Waals surface area contributed by atoms with E-state index in [1.165, 1.54) is 19.3 Å². The number of hydrogen-bond donors (Lipinski definition) is 1. The summed E-state index contributed by atoms with van der Waals surface area (Å²) in [7, 11) is 0. The predicted octanol–water partition coefficient (Wildman–Crippen LogP) is 2.93. The highest BCUT2D eigenvalue weighted by Crippen LogP contribution is 2.61. The van der Waals surface area contributed by atoms with Crippen molar-refractivity contribution in [2.75, 3.05) is 0 Å². The summed E-state index contributed by atoms with van der Waals surface area (Å²) >= 11 is 0. The maximum atomic E-state index is 12.7. The molecule has 0 spiro atoms. The van der Waals surface area contributed by atoms with Gasteiger partial charge in [-0.2, -0.15) is 0 Å². The molecule has 0 heterocycles. The molecule has 4 aliphatic carbocycles. The van der Waals surface area contributed by atoms with Crippen molar-refractivity contribution in [2.45, 2.75) is 64.4 Å². The quantitative estimate of drug-likeness (QED) is 0.818. The zero-order valence-corrected chi connectivity index (χ0v) is 11.0. The van der Waals surface area contributed by atoms with Gasteiger partial charge in [0.2, 0.25) is 0 Å². The molecule has 4 saturated carbocycles. The molecule has 0 aromatic carbocycles. The molecule has 0 aromatic heterocycles. The van der Waals surface area contributed by atoms with Crippen LogP contribution < -0.4 is 0 Å². The van der Waals surface area contributed by atoms with E-state index in [0.717, 1.165) is 37.0 Å². The maximum absolute atomic E-state index is 12.7. The van der Waals surface area contributed by atoms with E-state index < -0.39 is 5.60 Å². The smallest absolute Gasteiger partial charge is 0.170 e. The first kappa shape index (κ1) is 11.7. The average molecular weight is 236 g/mol. The first-order valence-electron chi connectivity index (χ1n) is 7.22. The Hall–Kier alpha value is -0.370. The Morgan fingerprint density at radius 1 is 1.18 bits per heavy atom. The number of carbonyl (C=O) groups is 1. The number of ketones is 1. The van der Waals surface area contributed by atoms with Gasteiger partial charge >= 0.3 is 0 Å². The van der Waals surface area contributed by atoms with E-state index in [1.54, 1.807) is 6.92 Å². The molecule has 4 fully saturated rings. The molecule has 1 atom stereocenters. The lowest BCUT2D eigenvalue weighted by Gasteiger charge is -2.57. The molecule has 0 radical (unpaired) electrons. The second-order valence-corrected chi connectivity index (χ2v) is 7.15. The van der Waals surface area contributed by atoms with E-state index in [0.29, 0.717) is 6.42 Å². The number of rotatable bonds is 3. The number of aliphatic hydroxyl groups is 1. The van der Waals surface area contributed by atoms with Crippen LogP contribution in [0.15, 0.2) is 0 Å². The lowest BCUT2D eigenvalue weighted by Crippen LogP contribution is -2.55. The van der Waals surface area contributed by atoms with Crippen molar-refractivity contribution in [3.63, 3.8) is 0 Å². The van der Waals surface area contributed by atoms with Crippen LogP contribution in [-0.2, 0) is 4.79 Å². The Morgan fingerprint density at radius 3 is 1.94 bits per heavy atom. The van der Waals surface area contributed by atoms with Gasteiger partial charge in [-0.25, -0.2) is 0 Å². The Balaban J connectivity index is 1.89. The van der Waals surface area contributed by atoms with Gasteiger partial charge in [-0.15, -0.1) is 0 Å². The third-order valence-corrected chi connectivity index (χ3v) is 5.70. The van der Waals surface area contributed by atoms with Crippen LogP contribution in [0.25, 0.3) is 0 Å². The largest absolute Gasteiger partial charge is 0.382 e.